The Morgan fingerprint density at radius 2 is 1.93 bits per heavy atom. The van der Waals surface area contributed by atoms with Crippen LogP contribution in [-0.4, -0.2) is 10.1 Å². The summed E-state index contributed by atoms with van der Waals surface area (Å²) in [7, 11) is 0. The van der Waals surface area contributed by atoms with Gasteiger partial charge in [-0.1, -0.05) is 32.9 Å². The van der Waals surface area contributed by atoms with Crippen LogP contribution in [0.5, 0.6) is 0 Å². The normalized spacial score (nSPS) is 13.9. The average Bonchev–Trinajstić information content (AvgIpc) is 2.50. The van der Waals surface area contributed by atoms with E-state index in [0.717, 1.165) is 6.42 Å². The fraction of sp³-hybridized carbons (Fsp3) is 0.800. The predicted molar refractivity (Wildman–Crippen MR) is 54.6 cm³/mol. The zero-order valence-electron chi connectivity index (χ0n) is 9.32. The highest BCUT2D eigenvalue weighted by Crippen LogP contribution is 2.16. The van der Waals surface area contributed by atoms with E-state index in [-0.39, 0.29) is 6.04 Å². The maximum atomic E-state index is 5.90. The van der Waals surface area contributed by atoms with Gasteiger partial charge in [-0.3, -0.25) is 0 Å². The van der Waals surface area contributed by atoms with E-state index in [1.807, 2.05) is 13.8 Å². The van der Waals surface area contributed by atoms with Crippen molar-refractivity contribution in [3.05, 3.63) is 11.7 Å². The Labute approximate surface area is 84.9 Å². The third kappa shape index (κ3) is 2.80. The topological polar surface area (TPSA) is 64.9 Å². The lowest BCUT2D eigenvalue weighted by molar-refractivity contribution is 0.351. The summed E-state index contributed by atoms with van der Waals surface area (Å²) in [4.78, 5) is 4.27. The van der Waals surface area contributed by atoms with Gasteiger partial charge in [0.15, 0.2) is 5.82 Å². The zero-order chi connectivity index (χ0) is 10.7. The minimum atomic E-state index is -0.125. The van der Waals surface area contributed by atoms with Gasteiger partial charge < -0.3 is 10.3 Å². The van der Waals surface area contributed by atoms with E-state index in [2.05, 4.69) is 24.0 Å². The van der Waals surface area contributed by atoms with Crippen LogP contribution in [0.25, 0.3) is 0 Å². The first-order valence-corrected chi connectivity index (χ1v) is 5.08. The van der Waals surface area contributed by atoms with Gasteiger partial charge in [-0.2, -0.15) is 4.98 Å². The molecule has 1 unspecified atom stereocenters. The molecule has 0 saturated carbocycles. The molecule has 4 nitrogen and oxygen atoms in total. The van der Waals surface area contributed by atoms with Crippen molar-refractivity contribution >= 4 is 0 Å². The summed E-state index contributed by atoms with van der Waals surface area (Å²) in [6.45, 7) is 8.32. The van der Waals surface area contributed by atoms with Gasteiger partial charge >= 0.3 is 0 Å². The Morgan fingerprint density at radius 1 is 1.29 bits per heavy atom. The van der Waals surface area contributed by atoms with Crippen molar-refractivity contribution in [2.24, 2.45) is 17.6 Å². The Morgan fingerprint density at radius 3 is 2.43 bits per heavy atom. The minimum Gasteiger partial charge on any atom is -0.339 e. The van der Waals surface area contributed by atoms with Crippen LogP contribution in [0.15, 0.2) is 4.52 Å². The molecular formula is C10H19N3O. The summed E-state index contributed by atoms with van der Waals surface area (Å²) < 4.78 is 5.11. The van der Waals surface area contributed by atoms with Gasteiger partial charge in [0.2, 0.25) is 5.89 Å². The van der Waals surface area contributed by atoms with Crippen LogP contribution in [0, 0.1) is 11.8 Å². The van der Waals surface area contributed by atoms with E-state index >= 15 is 0 Å². The van der Waals surface area contributed by atoms with Crippen LogP contribution in [0.4, 0.5) is 0 Å². The molecule has 0 aliphatic heterocycles. The van der Waals surface area contributed by atoms with Crippen LogP contribution in [0.1, 0.15) is 45.5 Å². The largest absolute Gasteiger partial charge is 0.339 e. The molecule has 14 heavy (non-hydrogen) atoms. The van der Waals surface area contributed by atoms with Gasteiger partial charge in [-0.05, 0) is 11.8 Å². The first-order chi connectivity index (χ1) is 6.50. The van der Waals surface area contributed by atoms with Crippen LogP contribution in [-0.2, 0) is 6.42 Å². The Hall–Kier alpha value is -0.900. The Bertz CT molecular complexity index is 281. The number of aromatic nitrogens is 2. The van der Waals surface area contributed by atoms with Crippen molar-refractivity contribution in [2.75, 3.05) is 0 Å². The molecule has 80 valence electrons. The van der Waals surface area contributed by atoms with Crippen LogP contribution >= 0.6 is 0 Å². The molecule has 0 bridgehead atoms. The highest BCUT2D eigenvalue weighted by molar-refractivity contribution is 4.94. The van der Waals surface area contributed by atoms with Crippen LogP contribution in [0.2, 0.25) is 0 Å². The molecule has 1 heterocycles. The zero-order valence-corrected chi connectivity index (χ0v) is 9.32. The van der Waals surface area contributed by atoms with E-state index in [0.29, 0.717) is 23.6 Å². The monoisotopic (exact) mass is 197 g/mol. The summed E-state index contributed by atoms with van der Waals surface area (Å²) in [5.41, 5.74) is 5.90. The van der Waals surface area contributed by atoms with Crippen molar-refractivity contribution in [3.8, 4) is 0 Å². The summed E-state index contributed by atoms with van der Waals surface area (Å²) in [6.07, 6.45) is 0.817. The molecule has 2 N–H and O–H groups in total. The molecule has 1 atom stereocenters. The maximum Gasteiger partial charge on any atom is 0.226 e. The summed E-state index contributed by atoms with van der Waals surface area (Å²) in [6, 6.07) is -0.125. The highest BCUT2D eigenvalue weighted by atomic mass is 16.5. The van der Waals surface area contributed by atoms with E-state index in [1.54, 1.807) is 0 Å². The smallest absolute Gasteiger partial charge is 0.226 e. The van der Waals surface area contributed by atoms with Crippen molar-refractivity contribution in [2.45, 2.75) is 40.2 Å². The maximum absolute atomic E-state index is 5.90. The molecule has 0 fully saturated rings. The number of nitrogens with zero attached hydrogens (tertiary/aromatic N) is 2. The fourth-order valence-electron chi connectivity index (χ4n) is 1.13. The van der Waals surface area contributed by atoms with Crippen molar-refractivity contribution in [3.63, 3.8) is 0 Å². The molecule has 0 aliphatic carbocycles. The molecule has 0 radical (unpaired) electrons. The molecule has 1 aromatic heterocycles. The quantitative estimate of drug-likeness (QED) is 0.801. The lowest BCUT2D eigenvalue weighted by atomic mass is 10.1. The van der Waals surface area contributed by atoms with E-state index in [9.17, 15) is 0 Å². The van der Waals surface area contributed by atoms with Crippen LogP contribution < -0.4 is 5.73 Å². The summed E-state index contributed by atoms with van der Waals surface area (Å²) in [5.74, 6) is 2.17. The van der Waals surface area contributed by atoms with E-state index in [4.69, 9.17) is 10.3 Å². The minimum absolute atomic E-state index is 0.125. The molecule has 1 rings (SSSR count). The van der Waals surface area contributed by atoms with Crippen molar-refractivity contribution in [1.29, 1.82) is 0 Å². The lowest BCUT2D eigenvalue weighted by Crippen LogP contribution is -2.18. The fourth-order valence-corrected chi connectivity index (χ4v) is 1.13. The molecular weight excluding hydrogens is 178 g/mol. The molecule has 0 spiro atoms. The van der Waals surface area contributed by atoms with Crippen LogP contribution in [0.3, 0.4) is 0 Å². The van der Waals surface area contributed by atoms with Gasteiger partial charge in [0.25, 0.3) is 0 Å². The number of hydrogen-bond donors (Lipinski definition) is 1. The molecule has 0 saturated heterocycles. The predicted octanol–water partition coefficient (Wildman–Crippen LogP) is 1.92. The van der Waals surface area contributed by atoms with Gasteiger partial charge in [-0.25, -0.2) is 0 Å². The second-order valence-corrected chi connectivity index (χ2v) is 4.41. The lowest BCUT2D eigenvalue weighted by Gasteiger charge is -2.09. The van der Waals surface area contributed by atoms with Gasteiger partial charge in [0, 0.05) is 6.42 Å². The molecule has 4 heteroatoms. The molecule has 0 amide bonds. The van der Waals surface area contributed by atoms with Gasteiger partial charge in [0.1, 0.15) is 0 Å². The van der Waals surface area contributed by atoms with Gasteiger partial charge in [-0.15, -0.1) is 0 Å². The molecule has 0 aliphatic rings. The standard InChI is InChI=1S/C10H19N3O/c1-6(2)5-8-12-10(13-14-8)9(11)7(3)4/h6-7,9H,5,11H2,1-4H3. The first kappa shape index (κ1) is 11.2. The molecule has 0 aromatic carbocycles. The number of nitrogens with two attached hydrogens (primary N) is 1. The summed E-state index contributed by atoms with van der Waals surface area (Å²) in [5, 5.41) is 3.88. The summed E-state index contributed by atoms with van der Waals surface area (Å²) >= 11 is 0. The third-order valence-corrected chi connectivity index (χ3v) is 2.08. The number of rotatable bonds is 4. The van der Waals surface area contributed by atoms with Crippen molar-refractivity contribution < 1.29 is 4.52 Å². The SMILES string of the molecule is CC(C)Cc1nc(C(N)C(C)C)no1. The third-order valence-electron chi connectivity index (χ3n) is 2.08. The van der Waals surface area contributed by atoms with Gasteiger partial charge in [0.05, 0.1) is 6.04 Å². The first-order valence-electron chi connectivity index (χ1n) is 5.08. The Kier molecular flexibility index (Phi) is 3.63. The second kappa shape index (κ2) is 4.55. The van der Waals surface area contributed by atoms with Crippen molar-refractivity contribution in [1.82, 2.24) is 10.1 Å². The number of hydrogen-bond acceptors (Lipinski definition) is 4. The second-order valence-electron chi connectivity index (χ2n) is 4.41. The highest BCUT2D eigenvalue weighted by Gasteiger charge is 2.17. The van der Waals surface area contributed by atoms with E-state index < -0.39 is 0 Å². The Balaban J connectivity index is 2.67. The van der Waals surface area contributed by atoms with E-state index in [1.165, 1.54) is 0 Å². The average molecular weight is 197 g/mol. The molecule has 1 aromatic rings.